The summed E-state index contributed by atoms with van der Waals surface area (Å²) < 4.78 is 1.62. The van der Waals surface area contributed by atoms with Crippen molar-refractivity contribution >= 4 is 23.1 Å². The summed E-state index contributed by atoms with van der Waals surface area (Å²) in [6, 6.07) is 1.71. The third-order valence-corrected chi connectivity index (χ3v) is 1.87. The van der Waals surface area contributed by atoms with Gasteiger partial charge in [-0.1, -0.05) is 11.6 Å². The van der Waals surface area contributed by atoms with Crippen LogP contribution in [0.25, 0.3) is 5.52 Å². The molecular weight excluding hydrogens is 192 g/mol. The average Bonchev–Trinajstić information content (AvgIpc) is 2.42. The fourth-order valence-corrected chi connectivity index (χ4v) is 1.30. The van der Waals surface area contributed by atoms with Crippen LogP contribution in [0.1, 0.15) is 10.5 Å². The Labute approximate surface area is 78.4 Å². The zero-order chi connectivity index (χ0) is 9.42. The first-order chi connectivity index (χ1) is 6.16. The fraction of sp³-hybridized carbons (Fsp3) is 0. The van der Waals surface area contributed by atoms with E-state index in [4.69, 9.17) is 16.7 Å². The quantitative estimate of drug-likeness (QED) is 0.755. The number of aromatic nitrogens is 2. The van der Waals surface area contributed by atoms with Gasteiger partial charge in [-0.25, -0.2) is 9.78 Å². The van der Waals surface area contributed by atoms with Crippen LogP contribution in [-0.2, 0) is 0 Å². The van der Waals surface area contributed by atoms with E-state index in [0.717, 1.165) is 5.52 Å². The van der Waals surface area contributed by atoms with Crippen LogP contribution in [0.4, 0.5) is 0 Å². The molecule has 0 spiro atoms. The van der Waals surface area contributed by atoms with Crippen molar-refractivity contribution in [1.82, 2.24) is 9.38 Å². The van der Waals surface area contributed by atoms with Gasteiger partial charge in [-0.2, -0.15) is 0 Å². The molecule has 0 aliphatic rings. The molecule has 4 nitrogen and oxygen atoms in total. The molecule has 0 aliphatic carbocycles. The number of carboxylic acids is 1. The molecule has 5 heteroatoms. The molecule has 0 aliphatic heterocycles. The summed E-state index contributed by atoms with van der Waals surface area (Å²) >= 11 is 5.72. The summed E-state index contributed by atoms with van der Waals surface area (Å²) in [7, 11) is 0. The van der Waals surface area contributed by atoms with Gasteiger partial charge in [-0.05, 0) is 6.07 Å². The topological polar surface area (TPSA) is 54.6 Å². The SMILES string of the molecule is O=C(O)c1cn2cc(Cl)cc2cn1. The summed E-state index contributed by atoms with van der Waals surface area (Å²) in [4.78, 5) is 14.3. The highest BCUT2D eigenvalue weighted by molar-refractivity contribution is 6.31. The Kier molecular flexibility index (Phi) is 1.70. The van der Waals surface area contributed by atoms with Crippen LogP contribution in [0.15, 0.2) is 24.7 Å². The maximum Gasteiger partial charge on any atom is 0.356 e. The van der Waals surface area contributed by atoms with Crippen LogP contribution in [0.5, 0.6) is 0 Å². The molecular formula is C8H5ClN2O2. The standard InChI is InChI=1S/C8H5ClN2O2/c9-5-1-6-2-10-7(8(12)13)4-11(6)3-5/h1-4H,(H,12,13). The van der Waals surface area contributed by atoms with E-state index >= 15 is 0 Å². The number of rotatable bonds is 1. The number of hydrogen-bond donors (Lipinski definition) is 1. The van der Waals surface area contributed by atoms with Crippen LogP contribution in [0.3, 0.4) is 0 Å². The minimum Gasteiger partial charge on any atom is -0.476 e. The second-order valence-corrected chi connectivity index (χ2v) is 3.00. The second-order valence-electron chi connectivity index (χ2n) is 2.57. The van der Waals surface area contributed by atoms with E-state index in [2.05, 4.69) is 4.98 Å². The third kappa shape index (κ3) is 1.36. The van der Waals surface area contributed by atoms with E-state index in [-0.39, 0.29) is 5.69 Å². The molecule has 0 radical (unpaired) electrons. The zero-order valence-corrected chi connectivity index (χ0v) is 7.19. The lowest BCUT2D eigenvalue weighted by Crippen LogP contribution is -2.01. The van der Waals surface area contributed by atoms with Gasteiger partial charge in [0.2, 0.25) is 0 Å². The number of hydrogen-bond acceptors (Lipinski definition) is 2. The van der Waals surface area contributed by atoms with Crippen LogP contribution in [0.2, 0.25) is 5.02 Å². The van der Waals surface area contributed by atoms with Crippen molar-refractivity contribution in [1.29, 1.82) is 0 Å². The molecule has 0 amide bonds. The van der Waals surface area contributed by atoms with Gasteiger partial charge in [-0.3, -0.25) is 0 Å². The lowest BCUT2D eigenvalue weighted by Gasteiger charge is -1.95. The lowest BCUT2D eigenvalue weighted by atomic mass is 10.4. The maximum absolute atomic E-state index is 10.5. The lowest BCUT2D eigenvalue weighted by molar-refractivity contribution is 0.0690. The van der Waals surface area contributed by atoms with Gasteiger partial charge < -0.3 is 9.51 Å². The Morgan fingerprint density at radius 3 is 3.00 bits per heavy atom. The number of carboxylic acid groups (broad SMARTS) is 1. The summed E-state index contributed by atoms with van der Waals surface area (Å²) in [6.45, 7) is 0. The highest BCUT2D eigenvalue weighted by Crippen LogP contribution is 2.14. The molecule has 2 aromatic rings. The normalized spacial score (nSPS) is 10.5. The fourth-order valence-electron chi connectivity index (χ4n) is 1.09. The molecule has 0 aromatic carbocycles. The Morgan fingerprint density at radius 2 is 2.31 bits per heavy atom. The molecule has 2 aromatic heterocycles. The van der Waals surface area contributed by atoms with Gasteiger partial charge in [0.1, 0.15) is 0 Å². The number of fused-ring (bicyclic) bond motifs is 1. The van der Waals surface area contributed by atoms with Crippen molar-refractivity contribution in [3.05, 3.63) is 35.4 Å². The first-order valence-electron chi connectivity index (χ1n) is 3.53. The zero-order valence-electron chi connectivity index (χ0n) is 6.44. The molecule has 2 heterocycles. The summed E-state index contributed by atoms with van der Waals surface area (Å²) in [6.07, 6.45) is 4.52. The first-order valence-corrected chi connectivity index (χ1v) is 3.91. The van der Waals surface area contributed by atoms with E-state index < -0.39 is 5.97 Å². The monoisotopic (exact) mass is 196 g/mol. The molecule has 66 valence electrons. The van der Waals surface area contributed by atoms with Gasteiger partial charge in [-0.15, -0.1) is 0 Å². The van der Waals surface area contributed by atoms with Crippen molar-refractivity contribution in [3.8, 4) is 0 Å². The molecule has 0 atom stereocenters. The van der Waals surface area contributed by atoms with Crippen molar-refractivity contribution in [2.24, 2.45) is 0 Å². The number of halogens is 1. The van der Waals surface area contributed by atoms with E-state index in [9.17, 15) is 4.79 Å². The van der Waals surface area contributed by atoms with Crippen molar-refractivity contribution in [2.75, 3.05) is 0 Å². The van der Waals surface area contributed by atoms with Crippen LogP contribution in [0, 0.1) is 0 Å². The van der Waals surface area contributed by atoms with Gasteiger partial charge in [0, 0.05) is 12.4 Å². The molecule has 0 saturated heterocycles. The van der Waals surface area contributed by atoms with E-state index in [0.29, 0.717) is 5.02 Å². The van der Waals surface area contributed by atoms with Crippen molar-refractivity contribution < 1.29 is 9.90 Å². The average molecular weight is 197 g/mol. The summed E-state index contributed by atoms with van der Waals surface area (Å²) in [5, 5.41) is 9.20. The van der Waals surface area contributed by atoms with E-state index in [1.807, 2.05) is 0 Å². The largest absolute Gasteiger partial charge is 0.476 e. The van der Waals surface area contributed by atoms with Crippen molar-refractivity contribution in [3.63, 3.8) is 0 Å². The van der Waals surface area contributed by atoms with E-state index in [1.54, 1.807) is 16.7 Å². The molecule has 0 unspecified atom stereocenters. The predicted octanol–water partition coefficient (Wildman–Crippen LogP) is 1.69. The molecule has 1 N–H and O–H groups in total. The third-order valence-electron chi connectivity index (χ3n) is 1.66. The first kappa shape index (κ1) is 8.07. The molecule has 2 rings (SSSR count). The number of aromatic carboxylic acids is 1. The molecule has 0 saturated carbocycles. The Balaban J connectivity index is 2.67. The maximum atomic E-state index is 10.5. The van der Waals surface area contributed by atoms with Crippen LogP contribution < -0.4 is 0 Å². The highest BCUT2D eigenvalue weighted by Gasteiger charge is 2.05. The summed E-state index contributed by atoms with van der Waals surface area (Å²) in [5.41, 5.74) is 0.773. The minimum atomic E-state index is -1.05. The Hall–Kier alpha value is -1.55. The van der Waals surface area contributed by atoms with Gasteiger partial charge in [0.15, 0.2) is 5.69 Å². The van der Waals surface area contributed by atoms with Gasteiger partial charge >= 0.3 is 5.97 Å². The molecule has 0 fully saturated rings. The smallest absolute Gasteiger partial charge is 0.356 e. The van der Waals surface area contributed by atoms with Gasteiger partial charge in [0.05, 0.1) is 16.7 Å². The van der Waals surface area contributed by atoms with E-state index in [1.165, 1.54) is 12.4 Å². The molecule has 0 bridgehead atoms. The van der Waals surface area contributed by atoms with Crippen LogP contribution in [-0.4, -0.2) is 20.5 Å². The van der Waals surface area contributed by atoms with Crippen molar-refractivity contribution in [2.45, 2.75) is 0 Å². The predicted molar refractivity (Wildman–Crippen MR) is 47.2 cm³/mol. The number of nitrogens with zero attached hydrogens (tertiary/aromatic N) is 2. The second kappa shape index (κ2) is 2.74. The van der Waals surface area contributed by atoms with Crippen LogP contribution >= 0.6 is 11.6 Å². The Bertz CT molecular complexity index is 478. The number of carbonyl (C=O) groups is 1. The Morgan fingerprint density at radius 1 is 1.54 bits per heavy atom. The van der Waals surface area contributed by atoms with Gasteiger partial charge in [0.25, 0.3) is 0 Å². The molecule has 13 heavy (non-hydrogen) atoms. The summed E-state index contributed by atoms with van der Waals surface area (Å²) in [5.74, 6) is -1.05. The minimum absolute atomic E-state index is 0.000216. The highest BCUT2D eigenvalue weighted by atomic mass is 35.5.